The zero-order valence-electron chi connectivity index (χ0n) is 12.0. The van der Waals surface area contributed by atoms with E-state index in [-0.39, 0.29) is 11.7 Å². The fourth-order valence-corrected chi connectivity index (χ4v) is 2.53. The van der Waals surface area contributed by atoms with Gasteiger partial charge in [0.2, 0.25) is 5.82 Å². The zero-order chi connectivity index (χ0) is 14.8. The number of carbonyl (C=O) groups is 1. The smallest absolute Gasteiger partial charge is 0.336 e. The summed E-state index contributed by atoms with van der Waals surface area (Å²) >= 11 is 0. The first-order valence-corrected chi connectivity index (χ1v) is 7.19. The number of carbonyl (C=O) groups excluding carboxylic acids is 1. The third-order valence-electron chi connectivity index (χ3n) is 3.89. The summed E-state index contributed by atoms with van der Waals surface area (Å²) in [6.07, 6.45) is 1.99. The molecule has 0 aliphatic carbocycles. The number of nitrogens with one attached hydrogen (secondary N) is 1. The maximum Gasteiger partial charge on any atom is 0.348 e. The fourth-order valence-electron chi connectivity index (χ4n) is 2.53. The minimum Gasteiger partial charge on any atom is -0.336 e. The summed E-state index contributed by atoms with van der Waals surface area (Å²) in [4.78, 5) is 28.7. The molecule has 0 radical (unpaired) electrons. The van der Waals surface area contributed by atoms with Gasteiger partial charge in [0.15, 0.2) is 0 Å². The standard InChI is InChI=1S/C15H18N4O2/c1-11-7-9-18(10-8-11)14(20)13-16-15(21)19(17-13)12-5-3-2-4-6-12/h2-6,11H,7-10H2,1H3,(H,16,17,21). The molecule has 1 N–H and O–H groups in total. The van der Waals surface area contributed by atoms with E-state index in [4.69, 9.17) is 0 Å². The van der Waals surface area contributed by atoms with E-state index >= 15 is 0 Å². The molecule has 1 fully saturated rings. The summed E-state index contributed by atoms with van der Waals surface area (Å²) in [5.74, 6) is 0.557. The number of amides is 1. The molecule has 0 atom stereocenters. The van der Waals surface area contributed by atoms with Crippen LogP contribution in [-0.4, -0.2) is 38.7 Å². The second-order valence-corrected chi connectivity index (χ2v) is 5.50. The van der Waals surface area contributed by atoms with Crippen LogP contribution in [0, 0.1) is 5.92 Å². The van der Waals surface area contributed by atoms with E-state index in [1.807, 2.05) is 18.2 Å². The molecule has 21 heavy (non-hydrogen) atoms. The number of likely N-dealkylation sites (tertiary alicyclic amines) is 1. The molecule has 1 aromatic carbocycles. The zero-order valence-corrected chi connectivity index (χ0v) is 12.0. The number of piperidine rings is 1. The minimum absolute atomic E-state index is 0.110. The first-order valence-electron chi connectivity index (χ1n) is 7.19. The average molecular weight is 286 g/mol. The summed E-state index contributed by atoms with van der Waals surface area (Å²) in [5.41, 5.74) is 0.250. The molecule has 110 valence electrons. The van der Waals surface area contributed by atoms with Crippen LogP contribution in [0.25, 0.3) is 5.69 Å². The van der Waals surface area contributed by atoms with Crippen LogP contribution >= 0.6 is 0 Å². The van der Waals surface area contributed by atoms with Gasteiger partial charge in [0.25, 0.3) is 5.91 Å². The second-order valence-electron chi connectivity index (χ2n) is 5.50. The number of nitrogens with zero attached hydrogens (tertiary/aromatic N) is 3. The molecule has 0 spiro atoms. The van der Waals surface area contributed by atoms with E-state index < -0.39 is 5.69 Å². The van der Waals surface area contributed by atoms with Gasteiger partial charge in [-0.25, -0.2) is 4.79 Å². The van der Waals surface area contributed by atoms with Gasteiger partial charge in [-0.3, -0.25) is 9.78 Å². The molecule has 0 unspecified atom stereocenters. The highest BCUT2D eigenvalue weighted by Crippen LogP contribution is 2.17. The SMILES string of the molecule is CC1CCN(C(=O)c2nn(-c3ccccc3)c(=O)[nH]2)CC1. The maximum atomic E-state index is 12.4. The number of benzene rings is 1. The fraction of sp³-hybridized carbons (Fsp3) is 0.400. The van der Waals surface area contributed by atoms with Crippen molar-refractivity contribution in [2.24, 2.45) is 5.92 Å². The first-order chi connectivity index (χ1) is 10.1. The molecule has 3 rings (SSSR count). The molecule has 2 aromatic rings. The summed E-state index contributed by atoms with van der Waals surface area (Å²) in [6.45, 7) is 3.63. The number of hydrogen-bond donors (Lipinski definition) is 1. The Hall–Kier alpha value is -2.37. The van der Waals surface area contributed by atoms with E-state index in [2.05, 4.69) is 17.0 Å². The van der Waals surface area contributed by atoms with Gasteiger partial charge in [-0.05, 0) is 30.9 Å². The van der Waals surface area contributed by atoms with Gasteiger partial charge in [-0.2, -0.15) is 4.68 Å². The summed E-state index contributed by atoms with van der Waals surface area (Å²) in [7, 11) is 0. The van der Waals surface area contributed by atoms with Crippen LogP contribution in [0.15, 0.2) is 35.1 Å². The van der Waals surface area contributed by atoms with Crippen molar-refractivity contribution >= 4 is 5.91 Å². The van der Waals surface area contributed by atoms with Gasteiger partial charge < -0.3 is 4.90 Å². The molecule has 1 amide bonds. The van der Waals surface area contributed by atoms with Crippen molar-refractivity contribution in [1.82, 2.24) is 19.7 Å². The van der Waals surface area contributed by atoms with E-state index in [9.17, 15) is 9.59 Å². The Morgan fingerprint density at radius 2 is 1.90 bits per heavy atom. The monoisotopic (exact) mass is 286 g/mol. The Labute approximate surface area is 122 Å². The molecule has 0 bridgehead atoms. The van der Waals surface area contributed by atoms with Crippen molar-refractivity contribution in [3.05, 3.63) is 46.6 Å². The van der Waals surface area contributed by atoms with Crippen LogP contribution in [0.2, 0.25) is 0 Å². The second kappa shape index (κ2) is 5.55. The number of rotatable bonds is 2. The summed E-state index contributed by atoms with van der Waals surface area (Å²) < 4.78 is 1.22. The van der Waals surface area contributed by atoms with Crippen molar-refractivity contribution in [3.63, 3.8) is 0 Å². The van der Waals surface area contributed by atoms with Crippen LogP contribution < -0.4 is 5.69 Å². The van der Waals surface area contributed by atoms with Gasteiger partial charge >= 0.3 is 5.69 Å². The van der Waals surface area contributed by atoms with E-state index in [1.54, 1.807) is 17.0 Å². The van der Waals surface area contributed by atoms with Gasteiger partial charge in [-0.15, -0.1) is 5.10 Å². The normalized spacial score (nSPS) is 16.1. The number of aromatic amines is 1. The van der Waals surface area contributed by atoms with Gasteiger partial charge in [-0.1, -0.05) is 25.1 Å². The van der Waals surface area contributed by atoms with Crippen molar-refractivity contribution < 1.29 is 4.79 Å². The quantitative estimate of drug-likeness (QED) is 0.908. The molecule has 6 heteroatoms. The van der Waals surface area contributed by atoms with Crippen LogP contribution in [0.3, 0.4) is 0 Å². The molecule has 0 saturated carbocycles. The predicted molar refractivity (Wildman–Crippen MR) is 78.5 cm³/mol. The molecule has 1 aliphatic rings. The summed E-state index contributed by atoms with van der Waals surface area (Å²) in [5, 5.41) is 4.13. The van der Waals surface area contributed by atoms with Crippen molar-refractivity contribution in [2.45, 2.75) is 19.8 Å². The third-order valence-corrected chi connectivity index (χ3v) is 3.89. The van der Waals surface area contributed by atoms with Gasteiger partial charge in [0.05, 0.1) is 5.69 Å². The number of aromatic nitrogens is 3. The van der Waals surface area contributed by atoms with E-state index in [0.717, 1.165) is 25.9 Å². The highest BCUT2D eigenvalue weighted by molar-refractivity contribution is 5.90. The molecular formula is C15H18N4O2. The Bertz CT molecular complexity index is 681. The predicted octanol–water partition coefficient (Wildman–Crippen LogP) is 1.43. The number of para-hydroxylation sites is 1. The lowest BCUT2D eigenvalue weighted by atomic mass is 9.99. The Kier molecular flexibility index (Phi) is 3.60. The van der Waals surface area contributed by atoms with Crippen molar-refractivity contribution in [2.75, 3.05) is 13.1 Å². The molecule has 6 nitrogen and oxygen atoms in total. The lowest BCUT2D eigenvalue weighted by molar-refractivity contribution is 0.0685. The molecule has 2 heterocycles. The maximum absolute atomic E-state index is 12.4. The molecule has 1 aliphatic heterocycles. The van der Waals surface area contributed by atoms with Crippen LogP contribution in [0.1, 0.15) is 30.4 Å². The lowest BCUT2D eigenvalue weighted by Gasteiger charge is -2.29. The Balaban J connectivity index is 1.84. The molecular weight excluding hydrogens is 268 g/mol. The highest BCUT2D eigenvalue weighted by atomic mass is 16.2. The average Bonchev–Trinajstić information content (AvgIpc) is 2.90. The Morgan fingerprint density at radius 3 is 2.57 bits per heavy atom. The first kappa shape index (κ1) is 13.6. The van der Waals surface area contributed by atoms with E-state index in [0.29, 0.717) is 11.6 Å². The van der Waals surface area contributed by atoms with Crippen LogP contribution in [0.4, 0.5) is 0 Å². The third kappa shape index (κ3) is 2.74. The largest absolute Gasteiger partial charge is 0.348 e. The summed E-state index contributed by atoms with van der Waals surface area (Å²) in [6, 6.07) is 9.06. The Morgan fingerprint density at radius 1 is 1.24 bits per heavy atom. The van der Waals surface area contributed by atoms with Crippen LogP contribution in [-0.2, 0) is 0 Å². The molecule has 1 aromatic heterocycles. The lowest BCUT2D eigenvalue weighted by Crippen LogP contribution is -2.38. The van der Waals surface area contributed by atoms with Gasteiger partial charge in [0.1, 0.15) is 0 Å². The topological polar surface area (TPSA) is 71.0 Å². The highest BCUT2D eigenvalue weighted by Gasteiger charge is 2.24. The van der Waals surface area contributed by atoms with E-state index in [1.165, 1.54) is 4.68 Å². The van der Waals surface area contributed by atoms with Crippen molar-refractivity contribution in [3.8, 4) is 5.69 Å². The van der Waals surface area contributed by atoms with Gasteiger partial charge in [0, 0.05) is 13.1 Å². The number of hydrogen-bond acceptors (Lipinski definition) is 3. The minimum atomic E-state index is -0.394. The van der Waals surface area contributed by atoms with Crippen molar-refractivity contribution in [1.29, 1.82) is 0 Å². The van der Waals surface area contributed by atoms with Crippen LogP contribution in [0.5, 0.6) is 0 Å². The number of H-pyrrole nitrogens is 1. The molecule has 1 saturated heterocycles.